The van der Waals surface area contributed by atoms with E-state index in [1.165, 1.54) is 64.2 Å². The lowest BCUT2D eigenvalue weighted by molar-refractivity contribution is 0.192. The van der Waals surface area contributed by atoms with Crippen molar-refractivity contribution in [1.29, 1.82) is 0 Å². The second-order valence-corrected chi connectivity index (χ2v) is 5.26. The van der Waals surface area contributed by atoms with Gasteiger partial charge in [0.05, 0.1) is 12.2 Å². The summed E-state index contributed by atoms with van der Waals surface area (Å²) < 4.78 is 10.7. The molecule has 0 N–H and O–H groups in total. The molecule has 1 aliphatic heterocycles. The first kappa shape index (κ1) is 15.0. The minimum atomic E-state index is 0.619. The van der Waals surface area contributed by atoms with Gasteiger partial charge in [0.1, 0.15) is 0 Å². The molecule has 102 valence electrons. The van der Waals surface area contributed by atoms with Crippen LogP contribution in [0.4, 0.5) is 0 Å². The van der Waals surface area contributed by atoms with Crippen LogP contribution in [0.15, 0.2) is 0 Å². The minimum absolute atomic E-state index is 0.619. The number of rotatable bonds is 12. The Morgan fingerprint density at radius 1 is 0.824 bits per heavy atom. The highest BCUT2D eigenvalue weighted by atomic mass is 16.6. The van der Waals surface area contributed by atoms with Crippen molar-refractivity contribution in [2.24, 2.45) is 0 Å². The Hall–Kier alpha value is -0.0800. The highest BCUT2D eigenvalue weighted by Crippen LogP contribution is 2.30. The summed E-state index contributed by atoms with van der Waals surface area (Å²) in [7, 11) is 1.78. The van der Waals surface area contributed by atoms with Crippen LogP contribution in [-0.4, -0.2) is 25.9 Å². The SMILES string of the molecule is CCCC1OC1CCCCCCCCCOC. The van der Waals surface area contributed by atoms with Crippen molar-refractivity contribution in [3.05, 3.63) is 0 Å². The van der Waals surface area contributed by atoms with Gasteiger partial charge >= 0.3 is 0 Å². The van der Waals surface area contributed by atoms with Gasteiger partial charge in [0.2, 0.25) is 0 Å². The highest BCUT2D eigenvalue weighted by molar-refractivity contribution is 4.83. The van der Waals surface area contributed by atoms with Crippen LogP contribution in [0.25, 0.3) is 0 Å². The fourth-order valence-electron chi connectivity index (χ4n) is 2.45. The standard InChI is InChI=1S/C15H30O2/c1-3-11-14-15(17-14)12-9-7-5-4-6-8-10-13-16-2/h14-15H,3-13H2,1-2H3. The molecule has 0 bridgehead atoms. The molecular formula is C15H30O2. The predicted octanol–water partition coefficient (Wildman–Crippen LogP) is 4.32. The van der Waals surface area contributed by atoms with Gasteiger partial charge in [-0.2, -0.15) is 0 Å². The molecule has 0 aromatic rings. The van der Waals surface area contributed by atoms with Crippen molar-refractivity contribution in [1.82, 2.24) is 0 Å². The number of hydrogen-bond donors (Lipinski definition) is 0. The zero-order chi connectivity index (χ0) is 12.3. The third-order valence-corrected chi connectivity index (χ3v) is 3.60. The van der Waals surface area contributed by atoms with E-state index in [0.717, 1.165) is 6.61 Å². The summed E-state index contributed by atoms with van der Waals surface area (Å²) in [6.45, 7) is 3.17. The summed E-state index contributed by atoms with van der Waals surface area (Å²) in [6.07, 6.45) is 14.6. The van der Waals surface area contributed by atoms with Crippen molar-refractivity contribution in [3.8, 4) is 0 Å². The first-order valence-corrected chi connectivity index (χ1v) is 7.53. The van der Waals surface area contributed by atoms with Gasteiger partial charge in [-0.15, -0.1) is 0 Å². The number of hydrogen-bond acceptors (Lipinski definition) is 2. The van der Waals surface area contributed by atoms with E-state index >= 15 is 0 Å². The molecule has 0 aromatic carbocycles. The second-order valence-electron chi connectivity index (χ2n) is 5.26. The van der Waals surface area contributed by atoms with E-state index < -0.39 is 0 Å². The van der Waals surface area contributed by atoms with Crippen LogP contribution < -0.4 is 0 Å². The smallest absolute Gasteiger partial charge is 0.0841 e. The molecule has 0 saturated carbocycles. The van der Waals surface area contributed by atoms with Crippen LogP contribution in [0.3, 0.4) is 0 Å². The van der Waals surface area contributed by atoms with Gasteiger partial charge in [-0.1, -0.05) is 51.9 Å². The molecule has 2 heteroatoms. The topological polar surface area (TPSA) is 21.8 Å². The fraction of sp³-hybridized carbons (Fsp3) is 1.00. The molecule has 0 radical (unpaired) electrons. The molecule has 1 rings (SSSR count). The summed E-state index contributed by atoms with van der Waals surface area (Å²) in [5.74, 6) is 0. The van der Waals surface area contributed by atoms with Crippen LogP contribution in [0.2, 0.25) is 0 Å². The summed E-state index contributed by atoms with van der Waals surface area (Å²) in [5.41, 5.74) is 0. The Morgan fingerprint density at radius 3 is 2.06 bits per heavy atom. The van der Waals surface area contributed by atoms with E-state index in [1.807, 2.05) is 0 Å². The first-order chi connectivity index (χ1) is 8.38. The molecule has 2 nitrogen and oxygen atoms in total. The lowest BCUT2D eigenvalue weighted by Crippen LogP contribution is -1.93. The number of methoxy groups -OCH3 is 1. The van der Waals surface area contributed by atoms with Gasteiger partial charge in [0.15, 0.2) is 0 Å². The maximum atomic E-state index is 5.62. The quantitative estimate of drug-likeness (QED) is 0.375. The Kier molecular flexibility index (Phi) is 8.72. The first-order valence-electron chi connectivity index (χ1n) is 7.53. The molecule has 2 unspecified atom stereocenters. The third-order valence-electron chi connectivity index (χ3n) is 3.60. The molecule has 0 amide bonds. The van der Waals surface area contributed by atoms with Crippen LogP contribution in [-0.2, 0) is 9.47 Å². The predicted molar refractivity (Wildman–Crippen MR) is 72.4 cm³/mol. The lowest BCUT2D eigenvalue weighted by atomic mass is 10.1. The Labute approximate surface area is 107 Å². The van der Waals surface area contributed by atoms with E-state index in [2.05, 4.69) is 6.92 Å². The van der Waals surface area contributed by atoms with Crippen LogP contribution in [0.1, 0.15) is 71.1 Å². The van der Waals surface area contributed by atoms with E-state index in [4.69, 9.17) is 9.47 Å². The summed E-state index contributed by atoms with van der Waals surface area (Å²) in [5, 5.41) is 0. The monoisotopic (exact) mass is 242 g/mol. The number of unbranched alkanes of at least 4 members (excludes halogenated alkanes) is 6. The van der Waals surface area contributed by atoms with E-state index in [-0.39, 0.29) is 0 Å². The largest absolute Gasteiger partial charge is 0.385 e. The van der Waals surface area contributed by atoms with Crippen molar-refractivity contribution < 1.29 is 9.47 Å². The number of epoxide rings is 1. The molecule has 2 atom stereocenters. The zero-order valence-electron chi connectivity index (χ0n) is 11.7. The van der Waals surface area contributed by atoms with Gasteiger partial charge in [0.25, 0.3) is 0 Å². The maximum absolute atomic E-state index is 5.62. The Morgan fingerprint density at radius 2 is 1.41 bits per heavy atom. The van der Waals surface area contributed by atoms with Crippen LogP contribution in [0, 0.1) is 0 Å². The normalized spacial score (nSPS) is 22.9. The molecule has 1 saturated heterocycles. The van der Waals surface area contributed by atoms with Crippen molar-refractivity contribution in [2.75, 3.05) is 13.7 Å². The van der Waals surface area contributed by atoms with Gasteiger partial charge < -0.3 is 9.47 Å². The summed E-state index contributed by atoms with van der Waals surface area (Å²) in [4.78, 5) is 0. The molecule has 1 aliphatic rings. The van der Waals surface area contributed by atoms with Crippen LogP contribution in [0.5, 0.6) is 0 Å². The van der Waals surface area contributed by atoms with Crippen molar-refractivity contribution >= 4 is 0 Å². The molecular weight excluding hydrogens is 212 g/mol. The minimum Gasteiger partial charge on any atom is -0.385 e. The highest BCUT2D eigenvalue weighted by Gasteiger charge is 2.36. The third kappa shape index (κ3) is 7.77. The van der Waals surface area contributed by atoms with E-state index in [0.29, 0.717) is 12.2 Å². The van der Waals surface area contributed by atoms with E-state index in [1.54, 1.807) is 7.11 Å². The van der Waals surface area contributed by atoms with Crippen LogP contribution >= 0.6 is 0 Å². The van der Waals surface area contributed by atoms with Crippen molar-refractivity contribution in [2.45, 2.75) is 83.3 Å². The van der Waals surface area contributed by atoms with Crippen molar-refractivity contribution in [3.63, 3.8) is 0 Å². The lowest BCUT2D eigenvalue weighted by Gasteiger charge is -2.01. The zero-order valence-corrected chi connectivity index (χ0v) is 11.7. The fourth-order valence-corrected chi connectivity index (χ4v) is 2.45. The van der Waals surface area contributed by atoms with Gasteiger partial charge in [-0.05, 0) is 19.3 Å². The maximum Gasteiger partial charge on any atom is 0.0841 e. The molecule has 0 aliphatic carbocycles. The molecule has 0 aromatic heterocycles. The van der Waals surface area contributed by atoms with E-state index in [9.17, 15) is 0 Å². The number of ether oxygens (including phenoxy) is 2. The van der Waals surface area contributed by atoms with Gasteiger partial charge in [-0.3, -0.25) is 0 Å². The molecule has 0 spiro atoms. The molecule has 1 heterocycles. The Bertz CT molecular complexity index is 170. The summed E-state index contributed by atoms with van der Waals surface area (Å²) >= 11 is 0. The molecule has 1 fully saturated rings. The molecule has 17 heavy (non-hydrogen) atoms. The Balaban J connectivity index is 1.71. The average Bonchev–Trinajstić information content (AvgIpc) is 3.06. The second kappa shape index (κ2) is 9.90. The van der Waals surface area contributed by atoms with Gasteiger partial charge in [-0.25, -0.2) is 0 Å². The summed E-state index contributed by atoms with van der Waals surface area (Å²) in [6, 6.07) is 0. The average molecular weight is 242 g/mol. The van der Waals surface area contributed by atoms with Gasteiger partial charge in [0, 0.05) is 13.7 Å².